The number of hydrogen-bond acceptors (Lipinski definition) is 7. The van der Waals surface area contributed by atoms with Crippen LogP contribution in [0.3, 0.4) is 0 Å². The normalized spacial score (nSPS) is 13.0. The predicted octanol–water partition coefficient (Wildman–Crippen LogP) is -2.45. The first-order chi connectivity index (χ1) is 10.3. The Balaban J connectivity index is 4.43. The highest BCUT2D eigenvalue weighted by molar-refractivity contribution is 7.99. The fourth-order valence-electron chi connectivity index (χ4n) is 1.32. The molecule has 0 fully saturated rings. The molecular formula is C11H19N3O7S. The summed E-state index contributed by atoms with van der Waals surface area (Å²) >= 11 is 0.964. The molecule has 7 N–H and O–H groups in total. The van der Waals surface area contributed by atoms with Crippen LogP contribution in [0.4, 0.5) is 0 Å². The van der Waals surface area contributed by atoms with Gasteiger partial charge < -0.3 is 31.7 Å². The van der Waals surface area contributed by atoms with Gasteiger partial charge in [-0.05, 0) is 6.42 Å². The van der Waals surface area contributed by atoms with E-state index in [1.807, 2.05) is 0 Å². The number of aliphatic hydroxyl groups is 1. The molecule has 0 aromatic carbocycles. The minimum absolute atomic E-state index is 0.0404. The highest BCUT2D eigenvalue weighted by Crippen LogP contribution is 2.03. The second-order valence-corrected chi connectivity index (χ2v) is 5.21. The number of nitrogens with two attached hydrogens (primary N) is 1. The Kier molecular flexibility index (Phi) is 9.91. The minimum atomic E-state index is -1.24. The summed E-state index contributed by atoms with van der Waals surface area (Å²) in [6, 6.07) is -2.22. The molecule has 0 radical (unpaired) electrons. The zero-order chi connectivity index (χ0) is 17.1. The molecule has 22 heavy (non-hydrogen) atoms. The van der Waals surface area contributed by atoms with E-state index in [1.165, 1.54) is 0 Å². The van der Waals surface area contributed by atoms with Gasteiger partial charge in [0, 0.05) is 12.2 Å². The van der Waals surface area contributed by atoms with E-state index in [4.69, 9.17) is 21.1 Å². The van der Waals surface area contributed by atoms with Crippen molar-refractivity contribution in [2.24, 2.45) is 5.73 Å². The first-order valence-corrected chi connectivity index (χ1v) is 7.39. The number of nitrogens with one attached hydrogen (secondary N) is 2. The predicted molar refractivity (Wildman–Crippen MR) is 77.0 cm³/mol. The number of carboxylic acids is 2. The molecular weight excluding hydrogens is 318 g/mol. The lowest BCUT2D eigenvalue weighted by atomic mass is 10.1. The lowest BCUT2D eigenvalue weighted by Gasteiger charge is -2.17. The third-order valence-corrected chi connectivity index (χ3v) is 3.19. The molecule has 126 valence electrons. The Morgan fingerprint density at radius 2 is 1.82 bits per heavy atom. The van der Waals surface area contributed by atoms with Gasteiger partial charge in [0.25, 0.3) is 0 Å². The number of aliphatic hydroxyl groups excluding tert-OH is 1. The van der Waals surface area contributed by atoms with Gasteiger partial charge in [-0.25, -0.2) is 0 Å². The number of aliphatic carboxylic acids is 2. The lowest BCUT2D eigenvalue weighted by molar-refractivity contribution is -0.139. The molecule has 2 amide bonds. The maximum Gasteiger partial charge on any atom is 0.322 e. The molecule has 2 atom stereocenters. The molecule has 0 heterocycles. The Labute approximate surface area is 130 Å². The number of amides is 2. The molecule has 0 aliphatic heterocycles. The molecule has 11 heteroatoms. The minimum Gasteiger partial charge on any atom is -0.480 e. The molecule has 0 bridgehead atoms. The van der Waals surface area contributed by atoms with Gasteiger partial charge in [-0.3, -0.25) is 19.2 Å². The smallest absolute Gasteiger partial charge is 0.322 e. The van der Waals surface area contributed by atoms with E-state index < -0.39 is 42.4 Å². The van der Waals surface area contributed by atoms with Crippen molar-refractivity contribution < 1.29 is 34.5 Å². The average Bonchev–Trinajstić information content (AvgIpc) is 2.46. The molecule has 0 spiro atoms. The quantitative estimate of drug-likeness (QED) is 0.223. The molecule has 0 aliphatic rings. The monoisotopic (exact) mass is 337 g/mol. The summed E-state index contributed by atoms with van der Waals surface area (Å²) in [5.41, 5.74) is 5.26. The number of thioether (sulfide) groups is 1. The van der Waals surface area contributed by atoms with E-state index >= 15 is 0 Å². The Morgan fingerprint density at radius 1 is 1.18 bits per heavy atom. The summed E-state index contributed by atoms with van der Waals surface area (Å²) < 4.78 is 0. The second-order valence-electron chi connectivity index (χ2n) is 4.21. The van der Waals surface area contributed by atoms with E-state index in [0.29, 0.717) is 0 Å². The molecule has 0 aromatic rings. The molecule has 0 rings (SSSR count). The van der Waals surface area contributed by atoms with Crippen LogP contribution in [0.25, 0.3) is 0 Å². The van der Waals surface area contributed by atoms with Crippen molar-refractivity contribution in [3.8, 4) is 0 Å². The van der Waals surface area contributed by atoms with Crippen molar-refractivity contribution in [2.45, 2.75) is 24.9 Å². The fraction of sp³-hybridized carbons (Fsp3) is 0.636. The van der Waals surface area contributed by atoms with E-state index in [-0.39, 0.29) is 24.5 Å². The van der Waals surface area contributed by atoms with Crippen LogP contribution in [0.2, 0.25) is 0 Å². The van der Waals surface area contributed by atoms with Crippen LogP contribution in [-0.4, -0.2) is 69.4 Å². The van der Waals surface area contributed by atoms with Crippen molar-refractivity contribution in [3.63, 3.8) is 0 Å². The van der Waals surface area contributed by atoms with Crippen LogP contribution in [0.1, 0.15) is 12.8 Å². The third-order valence-electron chi connectivity index (χ3n) is 2.44. The van der Waals surface area contributed by atoms with Crippen LogP contribution >= 0.6 is 11.8 Å². The Morgan fingerprint density at radius 3 is 2.32 bits per heavy atom. The van der Waals surface area contributed by atoms with Gasteiger partial charge in [-0.15, -0.1) is 11.8 Å². The fourth-order valence-corrected chi connectivity index (χ4v) is 1.89. The summed E-state index contributed by atoms with van der Waals surface area (Å²) in [5.74, 6) is -4.01. The maximum atomic E-state index is 11.7. The second kappa shape index (κ2) is 10.8. The SMILES string of the molecule is N[C@@H](CCC(=O)N[C@H](CSCO)C(=O)NCC(=O)O)C(=O)O. The van der Waals surface area contributed by atoms with Gasteiger partial charge in [0.15, 0.2) is 0 Å². The van der Waals surface area contributed by atoms with Gasteiger partial charge in [-0.2, -0.15) is 0 Å². The number of rotatable bonds is 11. The van der Waals surface area contributed by atoms with Crippen LogP contribution in [0.15, 0.2) is 0 Å². The van der Waals surface area contributed by atoms with Crippen molar-refractivity contribution in [1.29, 1.82) is 0 Å². The summed E-state index contributed by atoms with van der Waals surface area (Å²) in [5, 5.41) is 30.3. The number of hydrogen-bond donors (Lipinski definition) is 6. The first-order valence-electron chi connectivity index (χ1n) is 6.23. The summed E-state index contributed by atoms with van der Waals surface area (Å²) in [6.07, 6.45) is -0.294. The third kappa shape index (κ3) is 9.15. The van der Waals surface area contributed by atoms with Crippen LogP contribution < -0.4 is 16.4 Å². The summed E-state index contributed by atoms with van der Waals surface area (Å²) in [6.45, 7) is -0.598. The molecule has 0 saturated heterocycles. The molecule has 0 unspecified atom stereocenters. The van der Waals surface area contributed by atoms with Crippen LogP contribution in [0, 0.1) is 0 Å². The maximum absolute atomic E-state index is 11.7. The van der Waals surface area contributed by atoms with Crippen molar-refractivity contribution in [1.82, 2.24) is 10.6 Å². The largest absolute Gasteiger partial charge is 0.480 e. The first kappa shape index (κ1) is 20.1. The van der Waals surface area contributed by atoms with E-state index in [1.54, 1.807) is 0 Å². The molecule has 0 aliphatic carbocycles. The van der Waals surface area contributed by atoms with Crippen molar-refractivity contribution in [3.05, 3.63) is 0 Å². The molecule has 10 nitrogen and oxygen atoms in total. The van der Waals surface area contributed by atoms with Crippen molar-refractivity contribution in [2.75, 3.05) is 18.2 Å². The van der Waals surface area contributed by atoms with Crippen LogP contribution in [-0.2, 0) is 19.2 Å². The van der Waals surface area contributed by atoms with E-state index in [9.17, 15) is 19.2 Å². The van der Waals surface area contributed by atoms with E-state index in [0.717, 1.165) is 11.8 Å². The average molecular weight is 337 g/mol. The van der Waals surface area contributed by atoms with Crippen LogP contribution in [0.5, 0.6) is 0 Å². The van der Waals surface area contributed by atoms with Gasteiger partial charge in [0.1, 0.15) is 18.6 Å². The highest BCUT2D eigenvalue weighted by Gasteiger charge is 2.22. The summed E-state index contributed by atoms with van der Waals surface area (Å²) in [4.78, 5) is 44.3. The highest BCUT2D eigenvalue weighted by atomic mass is 32.2. The standard InChI is InChI=1S/C11H19N3O7S/c12-6(11(20)21)1-2-8(16)14-7(4-22-5-15)10(19)13-3-9(17)18/h6-7,15H,1-5,12H2,(H,13,19)(H,14,16)(H,17,18)(H,20,21)/t6-,7+/m0/s1. The van der Waals surface area contributed by atoms with E-state index in [2.05, 4.69) is 10.6 Å². The Bertz CT molecular complexity index is 418. The van der Waals surface area contributed by atoms with Gasteiger partial charge >= 0.3 is 11.9 Å². The van der Waals surface area contributed by atoms with Gasteiger partial charge in [-0.1, -0.05) is 0 Å². The molecule has 0 aromatic heterocycles. The Hall–Kier alpha value is -1.85. The number of carboxylic acid groups (broad SMARTS) is 2. The zero-order valence-corrected chi connectivity index (χ0v) is 12.5. The van der Waals surface area contributed by atoms with Gasteiger partial charge in [0.2, 0.25) is 11.8 Å². The zero-order valence-electron chi connectivity index (χ0n) is 11.7. The number of carbonyl (C=O) groups excluding carboxylic acids is 2. The topological polar surface area (TPSA) is 179 Å². The van der Waals surface area contributed by atoms with Crippen molar-refractivity contribution >= 4 is 35.5 Å². The lowest BCUT2D eigenvalue weighted by Crippen LogP contribution is -2.49. The summed E-state index contributed by atoms with van der Waals surface area (Å²) in [7, 11) is 0. The van der Waals surface area contributed by atoms with Gasteiger partial charge in [0.05, 0.1) is 5.94 Å². The number of carbonyl (C=O) groups is 4. The molecule has 0 saturated carbocycles.